The molecule has 10 heteroatoms. The lowest BCUT2D eigenvalue weighted by molar-refractivity contribution is -0.114. The molecule has 2 N–H and O–H groups in total. The summed E-state index contributed by atoms with van der Waals surface area (Å²) in [6, 6.07) is 14.1. The third-order valence-corrected chi connectivity index (χ3v) is 6.21. The molecule has 0 radical (unpaired) electrons. The largest absolute Gasteiger partial charge is 0.330 e. The Hall–Kier alpha value is -3.24. The average molecular weight is 440 g/mol. The molecule has 3 amide bonds. The van der Waals surface area contributed by atoms with E-state index in [0.717, 1.165) is 10.0 Å². The number of fused-ring (bicyclic) bond motifs is 1. The van der Waals surface area contributed by atoms with Gasteiger partial charge in [0, 0.05) is 30.6 Å². The molecule has 8 nitrogen and oxygen atoms in total. The van der Waals surface area contributed by atoms with E-state index in [1.165, 1.54) is 34.9 Å². The second kappa shape index (κ2) is 8.64. The molecule has 0 saturated carbocycles. The first-order valence-electron chi connectivity index (χ1n) is 9.07. The Morgan fingerprint density at radius 2 is 1.73 bits per heavy atom. The Kier molecular flexibility index (Phi) is 5.77. The number of hydrogen-bond acceptors (Lipinski definition) is 8. The van der Waals surface area contributed by atoms with Crippen molar-refractivity contribution in [3.8, 4) is 0 Å². The van der Waals surface area contributed by atoms with Gasteiger partial charge in [0.15, 0.2) is 4.34 Å². The number of carbonyl (C=O) groups excluding carboxylic acids is 3. The summed E-state index contributed by atoms with van der Waals surface area (Å²) in [6.07, 6.45) is 0. The number of amides is 3. The van der Waals surface area contributed by atoms with Crippen molar-refractivity contribution in [2.75, 3.05) is 22.9 Å². The van der Waals surface area contributed by atoms with Gasteiger partial charge in [-0.3, -0.25) is 19.3 Å². The van der Waals surface area contributed by atoms with Gasteiger partial charge in [0.05, 0.1) is 11.1 Å². The van der Waals surface area contributed by atoms with Gasteiger partial charge in [0.2, 0.25) is 11.0 Å². The first kappa shape index (κ1) is 20.0. The lowest BCUT2D eigenvalue weighted by atomic mass is 10.1. The molecule has 0 unspecified atom stereocenters. The Balaban J connectivity index is 1.32. The highest BCUT2D eigenvalue weighted by atomic mass is 32.2. The number of benzene rings is 2. The van der Waals surface area contributed by atoms with Crippen LogP contribution in [0.5, 0.6) is 0 Å². The molecule has 0 fully saturated rings. The normalized spacial score (nSPS) is 12.8. The summed E-state index contributed by atoms with van der Waals surface area (Å²) >= 11 is 2.81. The Labute approximate surface area is 180 Å². The summed E-state index contributed by atoms with van der Waals surface area (Å²) in [4.78, 5) is 37.2. The summed E-state index contributed by atoms with van der Waals surface area (Å²) in [5, 5.41) is 14.7. The topological polar surface area (TPSA) is 104 Å². The van der Waals surface area contributed by atoms with Crippen LogP contribution in [0.3, 0.4) is 0 Å². The maximum absolute atomic E-state index is 12.4. The van der Waals surface area contributed by atoms with Crippen LogP contribution in [0.4, 0.5) is 16.5 Å². The number of rotatable bonds is 7. The molecule has 0 atom stereocenters. The minimum Gasteiger partial charge on any atom is -0.330 e. The lowest BCUT2D eigenvalue weighted by Gasteiger charge is -2.12. The molecule has 152 valence electrons. The molecule has 1 aromatic heterocycles. The number of hydrogen-bond donors (Lipinski definition) is 2. The van der Waals surface area contributed by atoms with E-state index in [0.29, 0.717) is 34.2 Å². The lowest BCUT2D eigenvalue weighted by Crippen LogP contribution is -2.31. The van der Waals surface area contributed by atoms with E-state index in [-0.39, 0.29) is 17.7 Å². The molecule has 0 bridgehead atoms. The third-order valence-electron chi connectivity index (χ3n) is 4.26. The van der Waals surface area contributed by atoms with Crippen LogP contribution in [0.15, 0.2) is 52.9 Å². The molecule has 1 aliphatic heterocycles. The van der Waals surface area contributed by atoms with Crippen LogP contribution in [0.2, 0.25) is 0 Å². The molecule has 1 aliphatic rings. The zero-order valence-electron chi connectivity index (χ0n) is 15.9. The monoisotopic (exact) mass is 439 g/mol. The zero-order valence-corrected chi connectivity index (χ0v) is 17.5. The van der Waals surface area contributed by atoms with Crippen molar-refractivity contribution in [1.82, 2.24) is 15.1 Å². The number of anilines is 3. The molecular weight excluding hydrogens is 422 g/mol. The van der Waals surface area contributed by atoms with Gasteiger partial charge in [-0.2, -0.15) is 0 Å². The van der Waals surface area contributed by atoms with Crippen molar-refractivity contribution in [2.24, 2.45) is 0 Å². The van der Waals surface area contributed by atoms with E-state index < -0.39 is 0 Å². The Bertz CT molecular complexity index is 1100. The highest BCUT2D eigenvalue weighted by Crippen LogP contribution is 2.29. The van der Waals surface area contributed by atoms with Crippen LogP contribution in [0, 0.1) is 0 Å². The fraction of sp³-hybridized carbons (Fsp3) is 0.150. The van der Waals surface area contributed by atoms with Crippen molar-refractivity contribution in [2.45, 2.75) is 11.3 Å². The fourth-order valence-electron chi connectivity index (χ4n) is 2.99. The van der Waals surface area contributed by atoms with E-state index in [4.69, 9.17) is 0 Å². The van der Waals surface area contributed by atoms with Crippen molar-refractivity contribution >= 4 is 57.3 Å². The smallest absolute Gasteiger partial charge is 0.261 e. The Morgan fingerprint density at radius 3 is 2.43 bits per heavy atom. The molecule has 0 saturated heterocycles. The van der Waals surface area contributed by atoms with Gasteiger partial charge in [0.1, 0.15) is 0 Å². The number of imide groups is 1. The van der Waals surface area contributed by atoms with Crippen molar-refractivity contribution < 1.29 is 14.4 Å². The van der Waals surface area contributed by atoms with Crippen molar-refractivity contribution in [3.05, 3.63) is 59.7 Å². The van der Waals surface area contributed by atoms with Gasteiger partial charge < -0.3 is 10.6 Å². The molecular formula is C20H17N5O3S2. The molecule has 2 aromatic carbocycles. The van der Waals surface area contributed by atoms with Gasteiger partial charge in [-0.1, -0.05) is 41.3 Å². The Morgan fingerprint density at radius 1 is 1.03 bits per heavy atom. The standard InChI is InChI=1S/C20H17N5O3S2/c1-12(26)21-13-5-4-6-14(11-13)22-19-23-24-20(30-19)29-10-9-25-17(27)15-7-2-3-8-16(15)18(25)28/h2-8,11H,9-10H2,1H3,(H,21,26)(H,22,23). The van der Waals surface area contributed by atoms with Crippen molar-refractivity contribution in [1.29, 1.82) is 0 Å². The van der Waals surface area contributed by atoms with Crippen LogP contribution in [0.25, 0.3) is 0 Å². The minimum absolute atomic E-state index is 0.139. The maximum Gasteiger partial charge on any atom is 0.261 e. The number of thioether (sulfide) groups is 1. The summed E-state index contributed by atoms with van der Waals surface area (Å²) in [7, 11) is 0. The first-order valence-corrected chi connectivity index (χ1v) is 10.9. The molecule has 2 heterocycles. The number of nitrogens with one attached hydrogen (secondary N) is 2. The molecule has 0 spiro atoms. The van der Waals surface area contributed by atoms with Crippen LogP contribution in [0.1, 0.15) is 27.6 Å². The number of nitrogens with zero attached hydrogens (tertiary/aromatic N) is 3. The third kappa shape index (κ3) is 4.34. The summed E-state index contributed by atoms with van der Waals surface area (Å²) in [6.45, 7) is 1.76. The van der Waals surface area contributed by atoms with E-state index in [1.54, 1.807) is 36.4 Å². The van der Waals surface area contributed by atoms with Gasteiger partial charge in [-0.15, -0.1) is 10.2 Å². The highest BCUT2D eigenvalue weighted by Gasteiger charge is 2.34. The molecule has 3 aromatic rings. The van der Waals surface area contributed by atoms with Crippen LogP contribution in [-0.4, -0.2) is 45.1 Å². The van der Waals surface area contributed by atoms with E-state index >= 15 is 0 Å². The van der Waals surface area contributed by atoms with E-state index in [1.807, 2.05) is 12.1 Å². The maximum atomic E-state index is 12.4. The molecule has 0 aliphatic carbocycles. The van der Waals surface area contributed by atoms with Gasteiger partial charge in [0.25, 0.3) is 11.8 Å². The molecule has 30 heavy (non-hydrogen) atoms. The van der Waals surface area contributed by atoms with Crippen LogP contribution < -0.4 is 10.6 Å². The molecule has 4 rings (SSSR count). The number of aromatic nitrogens is 2. The summed E-state index contributed by atoms with van der Waals surface area (Å²) in [5.41, 5.74) is 2.38. The SMILES string of the molecule is CC(=O)Nc1cccc(Nc2nnc(SCCN3C(=O)c4ccccc4C3=O)s2)c1. The van der Waals surface area contributed by atoms with Crippen LogP contribution >= 0.6 is 23.1 Å². The second-order valence-corrected chi connectivity index (χ2v) is 8.74. The van der Waals surface area contributed by atoms with E-state index in [2.05, 4.69) is 20.8 Å². The predicted octanol–water partition coefficient (Wildman–Crippen LogP) is 3.63. The number of carbonyl (C=O) groups is 3. The summed E-state index contributed by atoms with van der Waals surface area (Å²) in [5.74, 6) is -0.123. The van der Waals surface area contributed by atoms with E-state index in [9.17, 15) is 14.4 Å². The zero-order chi connectivity index (χ0) is 21.1. The quantitative estimate of drug-likeness (QED) is 0.428. The second-order valence-electron chi connectivity index (χ2n) is 6.42. The van der Waals surface area contributed by atoms with Crippen molar-refractivity contribution in [3.63, 3.8) is 0 Å². The van der Waals surface area contributed by atoms with Crippen LogP contribution in [-0.2, 0) is 4.79 Å². The fourth-order valence-corrected chi connectivity index (χ4v) is 4.75. The van der Waals surface area contributed by atoms with Gasteiger partial charge in [-0.05, 0) is 30.3 Å². The minimum atomic E-state index is -0.255. The predicted molar refractivity (Wildman–Crippen MR) is 116 cm³/mol. The average Bonchev–Trinajstić information content (AvgIpc) is 3.26. The summed E-state index contributed by atoms with van der Waals surface area (Å²) < 4.78 is 0.729. The highest BCUT2D eigenvalue weighted by molar-refractivity contribution is 8.01. The van der Waals surface area contributed by atoms with Gasteiger partial charge >= 0.3 is 0 Å². The first-order chi connectivity index (χ1) is 14.5. The van der Waals surface area contributed by atoms with Gasteiger partial charge in [-0.25, -0.2) is 0 Å².